The lowest BCUT2D eigenvalue weighted by molar-refractivity contribution is -0.139. The number of carbonyl (C=O) groups is 2. The zero-order chi connectivity index (χ0) is 29.4. The number of nitrogens with zero attached hydrogens (tertiary/aromatic N) is 2. The van der Waals surface area contributed by atoms with Crippen molar-refractivity contribution in [2.24, 2.45) is 0 Å². The highest BCUT2D eigenvalue weighted by Gasteiger charge is 2.33. The van der Waals surface area contributed by atoms with Crippen molar-refractivity contribution in [2.75, 3.05) is 17.4 Å². The number of carbonyl (C=O) groups excluding carboxylic acids is 2. The van der Waals surface area contributed by atoms with Crippen LogP contribution in [0.15, 0.2) is 71.6 Å². The summed E-state index contributed by atoms with van der Waals surface area (Å²) in [6.45, 7) is 7.47. The van der Waals surface area contributed by atoms with Gasteiger partial charge in [-0.1, -0.05) is 84.1 Å². The Bertz CT molecular complexity index is 1430. The van der Waals surface area contributed by atoms with Gasteiger partial charge in [-0.2, -0.15) is 0 Å². The molecule has 1 N–H and O–H groups in total. The van der Waals surface area contributed by atoms with Gasteiger partial charge in [0, 0.05) is 18.1 Å². The Morgan fingerprint density at radius 2 is 1.52 bits per heavy atom. The molecule has 7 nitrogen and oxygen atoms in total. The summed E-state index contributed by atoms with van der Waals surface area (Å²) in [5, 5.41) is 3.25. The van der Waals surface area contributed by atoms with Gasteiger partial charge in [-0.15, -0.1) is 0 Å². The van der Waals surface area contributed by atoms with Crippen LogP contribution in [0.25, 0.3) is 0 Å². The lowest BCUT2D eigenvalue weighted by Crippen LogP contribution is -2.51. The maximum Gasteiger partial charge on any atom is 0.264 e. The Kier molecular flexibility index (Phi) is 11.0. The molecule has 3 rings (SSSR count). The first-order valence-electron chi connectivity index (χ1n) is 13.1. The van der Waals surface area contributed by atoms with Crippen molar-refractivity contribution in [3.63, 3.8) is 0 Å². The number of halogens is 2. The topological polar surface area (TPSA) is 86.8 Å². The lowest BCUT2D eigenvalue weighted by Gasteiger charge is -2.32. The first kappa shape index (κ1) is 31.5. The molecule has 0 heterocycles. The summed E-state index contributed by atoms with van der Waals surface area (Å²) in [5.41, 5.74) is 2.81. The van der Waals surface area contributed by atoms with E-state index in [0.717, 1.165) is 33.8 Å². The smallest absolute Gasteiger partial charge is 0.264 e. The van der Waals surface area contributed by atoms with E-state index in [1.807, 2.05) is 45.0 Å². The van der Waals surface area contributed by atoms with Crippen molar-refractivity contribution in [1.29, 1.82) is 0 Å². The van der Waals surface area contributed by atoms with Crippen molar-refractivity contribution in [1.82, 2.24) is 10.2 Å². The zero-order valence-electron chi connectivity index (χ0n) is 23.2. The highest BCUT2D eigenvalue weighted by molar-refractivity contribution is 7.92. The molecule has 0 aliphatic heterocycles. The molecule has 0 radical (unpaired) electrons. The van der Waals surface area contributed by atoms with Gasteiger partial charge in [-0.05, 0) is 63.1 Å². The van der Waals surface area contributed by atoms with E-state index in [0.29, 0.717) is 6.54 Å². The van der Waals surface area contributed by atoms with Crippen molar-refractivity contribution in [2.45, 2.75) is 58.0 Å². The van der Waals surface area contributed by atoms with E-state index in [1.54, 1.807) is 19.1 Å². The van der Waals surface area contributed by atoms with Crippen LogP contribution < -0.4 is 9.62 Å². The van der Waals surface area contributed by atoms with Crippen molar-refractivity contribution in [3.8, 4) is 0 Å². The summed E-state index contributed by atoms with van der Waals surface area (Å²) < 4.78 is 28.8. The molecule has 3 aromatic carbocycles. The predicted molar refractivity (Wildman–Crippen MR) is 161 cm³/mol. The monoisotopic (exact) mass is 603 g/mol. The van der Waals surface area contributed by atoms with Crippen LogP contribution in [0.2, 0.25) is 10.0 Å². The highest BCUT2D eigenvalue weighted by atomic mass is 35.5. The number of sulfonamides is 1. The van der Waals surface area contributed by atoms with Gasteiger partial charge in [-0.25, -0.2) is 8.42 Å². The third-order valence-electron chi connectivity index (χ3n) is 6.54. The van der Waals surface area contributed by atoms with E-state index in [9.17, 15) is 18.0 Å². The molecule has 0 bridgehead atoms. The lowest BCUT2D eigenvalue weighted by atomic mass is 10.1. The van der Waals surface area contributed by atoms with Crippen LogP contribution in [0.5, 0.6) is 0 Å². The van der Waals surface area contributed by atoms with E-state index in [2.05, 4.69) is 5.32 Å². The summed E-state index contributed by atoms with van der Waals surface area (Å²) >= 11 is 12.7. The minimum atomic E-state index is -4.24. The fourth-order valence-electron chi connectivity index (χ4n) is 4.04. The molecule has 0 saturated carbocycles. The molecular formula is C30H35Cl2N3O4S. The molecule has 3 aromatic rings. The first-order valence-corrected chi connectivity index (χ1v) is 15.3. The third kappa shape index (κ3) is 7.99. The maximum absolute atomic E-state index is 14.0. The summed E-state index contributed by atoms with van der Waals surface area (Å²) in [6, 6.07) is 17.5. The molecular weight excluding hydrogens is 569 g/mol. The Balaban J connectivity index is 2.04. The van der Waals surface area contributed by atoms with Crippen molar-refractivity contribution >= 4 is 50.7 Å². The number of hydrogen-bond acceptors (Lipinski definition) is 4. The SMILES string of the molecule is CCCCNC(=O)C(C)N(Cc1ccc(C)cc1)C(=O)CN(c1cc(Cl)ccc1Cl)S(=O)(=O)c1ccc(C)cc1. The van der Waals surface area contributed by atoms with Gasteiger partial charge < -0.3 is 10.2 Å². The second kappa shape index (κ2) is 14.0. The molecule has 0 fully saturated rings. The van der Waals surface area contributed by atoms with Crippen LogP contribution in [0.1, 0.15) is 43.4 Å². The number of hydrogen-bond donors (Lipinski definition) is 1. The van der Waals surface area contributed by atoms with Crippen LogP contribution in [-0.2, 0) is 26.2 Å². The summed E-state index contributed by atoms with van der Waals surface area (Å²) in [4.78, 5) is 28.4. The Morgan fingerprint density at radius 3 is 2.12 bits per heavy atom. The normalized spacial score (nSPS) is 12.1. The molecule has 0 saturated heterocycles. The standard InChI is InChI=1S/C30H35Cl2N3O4S/c1-5-6-17-33-30(37)23(4)34(19-24-11-7-21(2)8-12-24)29(36)20-35(28-18-25(31)13-16-27(28)32)40(38,39)26-14-9-22(3)10-15-26/h7-16,18,23H,5-6,17,19-20H2,1-4H3,(H,33,37). The molecule has 40 heavy (non-hydrogen) atoms. The van der Waals surface area contributed by atoms with Crippen LogP contribution in [0.4, 0.5) is 5.69 Å². The average molecular weight is 605 g/mol. The Morgan fingerprint density at radius 1 is 0.925 bits per heavy atom. The number of aryl methyl sites for hydroxylation is 2. The molecule has 1 unspecified atom stereocenters. The van der Waals surface area contributed by atoms with Gasteiger partial charge >= 0.3 is 0 Å². The van der Waals surface area contributed by atoms with Gasteiger partial charge in [0.15, 0.2) is 0 Å². The van der Waals surface area contributed by atoms with Crippen LogP contribution in [-0.4, -0.2) is 44.3 Å². The predicted octanol–water partition coefficient (Wildman–Crippen LogP) is 6.14. The van der Waals surface area contributed by atoms with Crippen molar-refractivity contribution < 1.29 is 18.0 Å². The largest absolute Gasteiger partial charge is 0.354 e. The van der Waals surface area contributed by atoms with Gasteiger partial charge in [0.05, 0.1) is 15.6 Å². The number of benzene rings is 3. The second-order valence-corrected chi connectivity index (χ2v) is 12.5. The highest BCUT2D eigenvalue weighted by Crippen LogP contribution is 2.33. The molecule has 214 valence electrons. The molecule has 0 spiro atoms. The number of nitrogens with one attached hydrogen (secondary N) is 1. The molecule has 0 aromatic heterocycles. The van der Waals surface area contributed by atoms with E-state index in [-0.39, 0.29) is 33.1 Å². The van der Waals surface area contributed by atoms with Crippen LogP contribution in [0.3, 0.4) is 0 Å². The number of amides is 2. The van der Waals surface area contributed by atoms with E-state index >= 15 is 0 Å². The van der Waals surface area contributed by atoms with Crippen LogP contribution >= 0.6 is 23.2 Å². The third-order valence-corrected chi connectivity index (χ3v) is 8.86. The molecule has 0 aliphatic carbocycles. The summed E-state index contributed by atoms with van der Waals surface area (Å²) in [7, 11) is -4.24. The Labute approximate surface area is 247 Å². The van der Waals surface area contributed by atoms with E-state index < -0.39 is 28.5 Å². The first-order chi connectivity index (χ1) is 18.9. The van der Waals surface area contributed by atoms with Crippen molar-refractivity contribution in [3.05, 3.63) is 93.5 Å². The Hall–Kier alpha value is -3.07. The fourth-order valence-corrected chi connectivity index (χ4v) is 5.90. The van der Waals surface area contributed by atoms with E-state index in [4.69, 9.17) is 23.2 Å². The molecule has 2 amide bonds. The average Bonchev–Trinajstić information content (AvgIpc) is 2.92. The number of unbranched alkanes of at least 4 members (excludes halogenated alkanes) is 1. The molecule has 0 aliphatic rings. The van der Waals surface area contributed by atoms with Gasteiger partial charge in [0.1, 0.15) is 12.6 Å². The molecule has 1 atom stereocenters. The second-order valence-electron chi connectivity index (χ2n) is 9.75. The minimum absolute atomic E-state index is 0.00242. The van der Waals surface area contributed by atoms with E-state index in [1.165, 1.54) is 35.2 Å². The summed E-state index contributed by atoms with van der Waals surface area (Å²) in [5.74, 6) is -0.881. The molecule has 10 heteroatoms. The number of anilines is 1. The quantitative estimate of drug-likeness (QED) is 0.252. The van der Waals surface area contributed by atoms with Gasteiger partial charge in [0.25, 0.3) is 10.0 Å². The van der Waals surface area contributed by atoms with Gasteiger partial charge in [0.2, 0.25) is 11.8 Å². The minimum Gasteiger partial charge on any atom is -0.354 e. The zero-order valence-corrected chi connectivity index (χ0v) is 25.5. The number of rotatable bonds is 12. The van der Waals surface area contributed by atoms with Crippen LogP contribution in [0, 0.1) is 13.8 Å². The summed E-state index contributed by atoms with van der Waals surface area (Å²) in [6.07, 6.45) is 1.72. The van der Waals surface area contributed by atoms with Gasteiger partial charge in [-0.3, -0.25) is 13.9 Å². The fraction of sp³-hybridized carbons (Fsp3) is 0.333. The maximum atomic E-state index is 14.0.